The number of nitrogens with two attached hydrogens (primary N) is 1. The number of sulfonamides is 1. The van der Waals surface area contributed by atoms with Crippen molar-refractivity contribution in [2.24, 2.45) is 5.14 Å². The maximum absolute atomic E-state index is 11.9. The number of carbonyl (C=O) groups excluding carboxylic acids is 1. The summed E-state index contributed by atoms with van der Waals surface area (Å²) >= 11 is 0. The summed E-state index contributed by atoms with van der Waals surface area (Å²) in [6, 6.07) is 3.94. The maximum atomic E-state index is 11.9. The van der Waals surface area contributed by atoms with Crippen LogP contribution in [-0.2, 0) is 20.8 Å². The molecule has 1 unspecified atom stereocenters. The van der Waals surface area contributed by atoms with Gasteiger partial charge in [-0.1, -0.05) is 6.92 Å². The fourth-order valence-electron chi connectivity index (χ4n) is 1.57. The maximum Gasteiger partial charge on any atom is 0.251 e. The molecule has 1 amide bonds. The van der Waals surface area contributed by atoms with Gasteiger partial charge in [-0.05, 0) is 18.2 Å². The van der Waals surface area contributed by atoms with Crippen LogP contribution < -0.4 is 15.2 Å². The van der Waals surface area contributed by atoms with Gasteiger partial charge >= 0.3 is 0 Å². The number of methoxy groups -OCH3 is 1. The third-order valence-electron chi connectivity index (χ3n) is 2.67. The van der Waals surface area contributed by atoms with E-state index in [2.05, 4.69) is 5.32 Å². The first-order valence-corrected chi connectivity index (χ1v) is 9.17. The van der Waals surface area contributed by atoms with Crippen molar-refractivity contribution in [3.8, 4) is 5.75 Å². The smallest absolute Gasteiger partial charge is 0.251 e. The normalized spacial score (nSPS) is 12.7. The van der Waals surface area contributed by atoms with Crippen molar-refractivity contribution in [3.63, 3.8) is 0 Å². The molecular weight excluding hydrogens is 316 g/mol. The highest BCUT2D eigenvalue weighted by molar-refractivity contribution is 7.89. The van der Waals surface area contributed by atoms with Crippen LogP contribution in [0.1, 0.15) is 17.3 Å². The number of rotatable bonds is 7. The van der Waals surface area contributed by atoms with Crippen LogP contribution in [0, 0.1) is 0 Å². The van der Waals surface area contributed by atoms with Crippen molar-refractivity contribution in [3.05, 3.63) is 23.8 Å². The van der Waals surface area contributed by atoms with Crippen LogP contribution in [0.2, 0.25) is 0 Å². The second kappa shape index (κ2) is 7.53. The average Bonchev–Trinajstić information content (AvgIpc) is 2.45. The largest absolute Gasteiger partial charge is 0.495 e. The minimum Gasteiger partial charge on any atom is -0.495 e. The molecule has 1 aromatic rings. The van der Waals surface area contributed by atoms with E-state index in [0.29, 0.717) is 11.5 Å². The fraction of sp³-hybridized carbons (Fsp3) is 0.417. The molecule has 0 heterocycles. The molecule has 3 N–H and O–H groups in total. The van der Waals surface area contributed by atoms with E-state index in [1.807, 2.05) is 0 Å². The lowest BCUT2D eigenvalue weighted by atomic mass is 10.2. The van der Waals surface area contributed by atoms with Crippen LogP contribution in [0.15, 0.2) is 23.1 Å². The van der Waals surface area contributed by atoms with E-state index in [9.17, 15) is 17.4 Å². The molecule has 1 rings (SSSR count). The minimum absolute atomic E-state index is 0.0705. The van der Waals surface area contributed by atoms with Crippen LogP contribution in [0.3, 0.4) is 0 Å². The third-order valence-corrected chi connectivity index (χ3v) is 4.91. The lowest BCUT2D eigenvalue weighted by Gasteiger charge is -2.09. The van der Waals surface area contributed by atoms with Crippen LogP contribution >= 0.6 is 0 Å². The molecule has 21 heavy (non-hydrogen) atoms. The Labute approximate surface area is 126 Å². The molecule has 0 aliphatic heterocycles. The number of hydrogen-bond donors (Lipinski definition) is 2. The average molecular weight is 334 g/mol. The van der Waals surface area contributed by atoms with Gasteiger partial charge in [-0.15, -0.1) is 0 Å². The van der Waals surface area contributed by atoms with E-state index in [4.69, 9.17) is 9.88 Å². The topological polar surface area (TPSA) is 116 Å². The standard InChI is InChI=1S/C12H18N2O5S2/c1-3-20(16)7-6-14-12(15)9-4-5-10(19-2)11(8-9)21(13,17)18/h4-5,8H,3,6-7H2,1-2H3,(H,14,15)(H2,13,17,18). The molecule has 0 fully saturated rings. The van der Waals surface area contributed by atoms with E-state index in [1.54, 1.807) is 6.92 Å². The number of carbonyl (C=O) groups is 1. The van der Waals surface area contributed by atoms with Crippen molar-refractivity contribution in [2.75, 3.05) is 25.2 Å². The van der Waals surface area contributed by atoms with E-state index < -0.39 is 26.7 Å². The summed E-state index contributed by atoms with van der Waals surface area (Å²) in [5, 5.41) is 7.65. The van der Waals surface area contributed by atoms with Gasteiger partial charge in [0.15, 0.2) is 0 Å². The molecule has 9 heteroatoms. The summed E-state index contributed by atoms with van der Waals surface area (Å²) < 4.78 is 39.1. The van der Waals surface area contributed by atoms with Crippen molar-refractivity contribution in [1.82, 2.24) is 5.32 Å². The Bertz CT molecular complexity index is 643. The van der Waals surface area contributed by atoms with Crippen molar-refractivity contribution >= 4 is 26.7 Å². The fourth-order valence-corrected chi connectivity index (χ4v) is 2.91. The number of amides is 1. The monoisotopic (exact) mass is 334 g/mol. The highest BCUT2D eigenvalue weighted by atomic mass is 32.2. The van der Waals surface area contributed by atoms with Gasteiger partial charge in [-0.25, -0.2) is 13.6 Å². The lowest BCUT2D eigenvalue weighted by Crippen LogP contribution is -2.28. The first kappa shape index (κ1) is 17.6. The van der Waals surface area contributed by atoms with Crippen LogP contribution in [-0.4, -0.2) is 43.7 Å². The van der Waals surface area contributed by atoms with Gasteiger partial charge in [0.25, 0.3) is 5.91 Å². The van der Waals surface area contributed by atoms with E-state index in [0.717, 1.165) is 6.07 Å². The van der Waals surface area contributed by atoms with Gasteiger partial charge in [0.2, 0.25) is 10.0 Å². The summed E-state index contributed by atoms with van der Waals surface area (Å²) in [6.45, 7) is 2.04. The SMILES string of the molecule is CCS(=O)CCNC(=O)c1ccc(OC)c(S(N)(=O)=O)c1. The zero-order valence-corrected chi connectivity index (χ0v) is 13.4. The van der Waals surface area contributed by atoms with Crippen LogP contribution in [0.4, 0.5) is 0 Å². The van der Waals surface area contributed by atoms with E-state index >= 15 is 0 Å². The van der Waals surface area contributed by atoms with Gasteiger partial charge in [0.1, 0.15) is 10.6 Å². The quantitative estimate of drug-likeness (QED) is 0.719. The predicted octanol–water partition coefficient (Wildman–Crippen LogP) is -0.159. The molecule has 1 aromatic carbocycles. The molecule has 0 spiro atoms. The zero-order valence-electron chi connectivity index (χ0n) is 11.8. The Balaban J connectivity index is 2.89. The predicted molar refractivity (Wildman–Crippen MR) is 80.3 cm³/mol. The summed E-state index contributed by atoms with van der Waals surface area (Å²) in [4.78, 5) is 11.7. The number of nitrogens with one attached hydrogen (secondary N) is 1. The number of benzene rings is 1. The molecule has 0 aliphatic carbocycles. The summed E-state index contributed by atoms with van der Waals surface area (Å²) in [5.74, 6) is 0.478. The molecular formula is C12H18N2O5S2. The Morgan fingerprint density at radius 3 is 2.62 bits per heavy atom. The van der Waals surface area contributed by atoms with Crippen LogP contribution in [0.25, 0.3) is 0 Å². The van der Waals surface area contributed by atoms with Gasteiger partial charge in [-0.2, -0.15) is 0 Å². The minimum atomic E-state index is -3.99. The Morgan fingerprint density at radius 1 is 1.43 bits per heavy atom. The first-order valence-electron chi connectivity index (χ1n) is 6.13. The number of ether oxygens (including phenoxy) is 1. The summed E-state index contributed by atoms with van der Waals surface area (Å²) in [7, 11) is -3.66. The zero-order chi connectivity index (χ0) is 16.0. The molecule has 0 radical (unpaired) electrons. The van der Waals surface area contributed by atoms with Crippen molar-refractivity contribution in [2.45, 2.75) is 11.8 Å². The van der Waals surface area contributed by atoms with Gasteiger partial charge in [-0.3, -0.25) is 9.00 Å². The van der Waals surface area contributed by atoms with Gasteiger partial charge in [0.05, 0.1) is 7.11 Å². The molecule has 0 aromatic heterocycles. The first-order chi connectivity index (χ1) is 9.79. The Morgan fingerprint density at radius 2 is 2.10 bits per heavy atom. The molecule has 0 bridgehead atoms. The molecule has 7 nitrogen and oxygen atoms in total. The lowest BCUT2D eigenvalue weighted by molar-refractivity contribution is 0.0956. The molecule has 118 valence electrons. The molecule has 0 saturated carbocycles. The van der Waals surface area contributed by atoms with Crippen molar-refractivity contribution < 1.29 is 22.2 Å². The highest BCUT2D eigenvalue weighted by Gasteiger charge is 2.17. The second-order valence-electron chi connectivity index (χ2n) is 4.10. The molecule has 0 saturated heterocycles. The molecule has 0 aliphatic rings. The summed E-state index contributed by atoms with van der Waals surface area (Å²) in [5.41, 5.74) is 0.141. The number of primary sulfonamides is 1. The summed E-state index contributed by atoms with van der Waals surface area (Å²) in [6.07, 6.45) is 0. The highest BCUT2D eigenvalue weighted by Crippen LogP contribution is 2.23. The molecule has 1 atom stereocenters. The van der Waals surface area contributed by atoms with Crippen molar-refractivity contribution in [1.29, 1.82) is 0 Å². The third kappa shape index (κ3) is 5.10. The van der Waals surface area contributed by atoms with Crippen LogP contribution in [0.5, 0.6) is 5.75 Å². The van der Waals surface area contributed by atoms with E-state index in [-0.39, 0.29) is 22.8 Å². The Hall–Kier alpha value is -1.45. The van der Waals surface area contributed by atoms with Gasteiger partial charge < -0.3 is 10.1 Å². The van der Waals surface area contributed by atoms with Gasteiger partial charge in [0, 0.05) is 34.4 Å². The van der Waals surface area contributed by atoms with E-state index in [1.165, 1.54) is 19.2 Å². The second-order valence-corrected chi connectivity index (χ2v) is 7.49. The Kier molecular flexibility index (Phi) is 6.31. The number of hydrogen-bond acceptors (Lipinski definition) is 5.